The smallest absolute Gasteiger partial charge is 0.338 e. The van der Waals surface area contributed by atoms with Crippen LogP contribution in [0, 0.1) is 18.6 Å². The summed E-state index contributed by atoms with van der Waals surface area (Å²) in [6.45, 7) is 7.28. The third-order valence-electron chi connectivity index (χ3n) is 6.85. The van der Waals surface area contributed by atoms with Crippen molar-refractivity contribution < 1.29 is 27.9 Å². The van der Waals surface area contributed by atoms with Crippen molar-refractivity contribution in [3.63, 3.8) is 0 Å². The van der Waals surface area contributed by atoms with Gasteiger partial charge in [0, 0.05) is 12.6 Å². The van der Waals surface area contributed by atoms with Gasteiger partial charge >= 0.3 is 5.97 Å². The molecule has 0 aliphatic heterocycles. The maximum absolute atomic E-state index is 14.5. The average Bonchev–Trinajstić information content (AvgIpc) is 3.49. The highest BCUT2D eigenvalue weighted by molar-refractivity contribution is 5.98. The van der Waals surface area contributed by atoms with Crippen LogP contribution in [0.25, 0.3) is 5.65 Å². The molecule has 2 aromatic carbocycles. The number of rotatable bonds is 6. The Hall–Kier alpha value is -4.67. The van der Waals surface area contributed by atoms with E-state index in [0.717, 1.165) is 27.4 Å². The van der Waals surface area contributed by atoms with E-state index >= 15 is 0 Å². The molecule has 1 aliphatic rings. The largest absolute Gasteiger partial charge is 0.456 e. The van der Waals surface area contributed by atoms with Crippen LogP contribution in [-0.2, 0) is 17.7 Å². The van der Waals surface area contributed by atoms with Gasteiger partial charge in [-0.1, -0.05) is 18.2 Å². The first-order chi connectivity index (χ1) is 19.4. The molecule has 2 heterocycles. The molecule has 0 saturated carbocycles. The van der Waals surface area contributed by atoms with Gasteiger partial charge in [0.25, 0.3) is 11.8 Å². The molecule has 212 valence electrons. The minimum Gasteiger partial charge on any atom is -0.456 e. The molecule has 0 bridgehead atoms. The minimum absolute atomic E-state index is 0.0101. The minimum atomic E-state index is -0.796. The molecule has 0 spiro atoms. The number of ether oxygens (including phenoxy) is 1. The molecule has 1 aliphatic carbocycles. The van der Waals surface area contributed by atoms with E-state index in [0.29, 0.717) is 24.0 Å². The molecule has 2 amide bonds. The molecule has 0 saturated heterocycles. The summed E-state index contributed by atoms with van der Waals surface area (Å²) in [5.41, 5.74) is 2.45. The molecule has 0 unspecified atom stereocenters. The van der Waals surface area contributed by atoms with E-state index in [-0.39, 0.29) is 29.6 Å². The number of carbonyl (C=O) groups excluding carboxylic acids is 3. The summed E-state index contributed by atoms with van der Waals surface area (Å²) >= 11 is 0. The van der Waals surface area contributed by atoms with Gasteiger partial charge < -0.3 is 15.4 Å². The Labute approximate surface area is 234 Å². The van der Waals surface area contributed by atoms with Gasteiger partial charge in [0.2, 0.25) is 0 Å². The van der Waals surface area contributed by atoms with Gasteiger partial charge in [-0.25, -0.2) is 23.1 Å². The van der Waals surface area contributed by atoms with E-state index < -0.39 is 35.0 Å². The molecule has 0 fully saturated rings. The first kappa shape index (κ1) is 27.9. The number of nitrogens with zero attached hydrogens (tertiary/aromatic N) is 3. The Bertz CT molecular complexity index is 1690. The average molecular weight is 562 g/mol. The van der Waals surface area contributed by atoms with Crippen LogP contribution in [0.3, 0.4) is 0 Å². The van der Waals surface area contributed by atoms with Crippen LogP contribution in [0.1, 0.15) is 86.8 Å². The van der Waals surface area contributed by atoms with Crippen LogP contribution in [0.15, 0.2) is 48.7 Å². The second-order valence-corrected chi connectivity index (χ2v) is 10.9. The molecule has 1 atom stereocenters. The number of halogens is 2. The lowest BCUT2D eigenvalue weighted by Gasteiger charge is -2.21. The van der Waals surface area contributed by atoms with E-state index in [1.807, 2.05) is 6.92 Å². The Balaban J connectivity index is 1.38. The van der Waals surface area contributed by atoms with Gasteiger partial charge in [-0.2, -0.15) is 5.10 Å². The van der Waals surface area contributed by atoms with Crippen LogP contribution in [-0.4, -0.2) is 38.0 Å². The molecule has 2 aromatic heterocycles. The van der Waals surface area contributed by atoms with Gasteiger partial charge in [-0.15, -0.1) is 0 Å². The summed E-state index contributed by atoms with van der Waals surface area (Å²) in [5.74, 6) is -2.89. The number of benzene rings is 2. The van der Waals surface area contributed by atoms with Crippen molar-refractivity contribution in [2.75, 3.05) is 0 Å². The van der Waals surface area contributed by atoms with E-state index in [1.165, 1.54) is 24.3 Å². The number of esters is 1. The van der Waals surface area contributed by atoms with E-state index in [4.69, 9.17) is 4.74 Å². The third-order valence-corrected chi connectivity index (χ3v) is 6.85. The van der Waals surface area contributed by atoms with Crippen molar-refractivity contribution in [1.82, 2.24) is 25.2 Å². The number of carbonyl (C=O) groups is 3. The zero-order valence-electron chi connectivity index (χ0n) is 23.0. The second kappa shape index (κ2) is 10.7. The number of nitrogens with one attached hydrogen (secondary N) is 2. The summed E-state index contributed by atoms with van der Waals surface area (Å²) in [5, 5.41) is 9.50. The standard InChI is InChI=1S/C30H29F2N5O4/c1-16-19-10-11-23(21(19)9-8-20(16)29(40)41-30(2,3)4)36-28(39)25-13-24(35-26-22(32)15-34-37(25)26)27(38)33-14-17-6-5-7-18(31)12-17/h5-9,12-13,15,23H,10-11,14H2,1-4H3,(H,33,38)(H,36,39)/t23-/m0/s1. The monoisotopic (exact) mass is 561 g/mol. The van der Waals surface area contributed by atoms with Gasteiger partial charge in [0.05, 0.1) is 17.8 Å². The zero-order chi connectivity index (χ0) is 29.5. The molecular formula is C30H29F2N5O4. The van der Waals surface area contributed by atoms with E-state index in [1.54, 1.807) is 39.0 Å². The lowest BCUT2D eigenvalue weighted by molar-refractivity contribution is 0.00683. The zero-order valence-corrected chi connectivity index (χ0v) is 23.0. The molecule has 5 rings (SSSR count). The molecule has 11 heteroatoms. The van der Waals surface area contributed by atoms with Gasteiger partial charge in [0.1, 0.15) is 22.8 Å². The Morgan fingerprint density at radius 1 is 1.10 bits per heavy atom. The fourth-order valence-electron chi connectivity index (χ4n) is 4.95. The maximum Gasteiger partial charge on any atom is 0.338 e. The van der Waals surface area contributed by atoms with Crippen molar-refractivity contribution in [3.8, 4) is 0 Å². The maximum atomic E-state index is 14.5. The topological polar surface area (TPSA) is 115 Å². The van der Waals surface area contributed by atoms with Crippen LogP contribution in [0.2, 0.25) is 0 Å². The fraction of sp³-hybridized carbons (Fsp3) is 0.300. The van der Waals surface area contributed by atoms with Crippen molar-refractivity contribution in [3.05, 3.63) is 99.5 Å². The quantitative estimate of drug-likeness (QED) is 0.332. The van der Waals surface area contributed by atoms with Crippen molar-refractivity contribution in [2.45, 2.75) is 58.7 Å². The van der Waals surface area contributed by atoms with Gasteiger partial charge in [0.15, 0.2) is 11.5 Å². The normalized spacial score (nSPS) is 14.5. The SMILES string of the molecule is Cc1c(C(=O)OC(C)(C)C)ccc2c1CC[C@@H]2NC(=O)c1cc(C(=O)NCc2cccc(F)c2)nc2c(F)cnn12. The Kier molecular flexibility index (Phi) is 7.29. The van der Waals surface area contributed by atoms with Crippen LogP contribution >= 0.6 is 0 Å². The molecule has 9 nitrogen and oxygen atoms in total. The van der Waals surface area contributed by atoms with Gasteiger partial charge in [-0.3, -0.25) is 9.59 Å². The van der Waals surface area contributed by atoms with Crippen molar-refractivity contribution in [2.24, 2.45) is 0 Å². The lowest BCUT2D eigenvalue weighted by Crippen LogP contribution is -2.31. The molecule has 2 N–H and O–H groups in total. The predicted octanol–water partition coefficient (Wildman–Crippen LogP) is 4.62. The number of amides is 2. The van der Waals surface area contributed by atoms with Gasteiger partial charge in [-0.05, 0) is 81.0 Å². The van der Waals surface area contributed by atoms with Crippen LogP contribution in [0.4, 0.5) is 8.78 Å². The first-order valence-corrected chi connectivity index (χ1v) is 13.1. The predicted molar refractivity (Wildman–Crippen MR) is 145 cm³/mol. The molecule has 41 heavy (non-hydrogen) atoms. The third kappa shape index (κ3) is 5.79. The highest BCUT2D eigenvalue weighted by Crippen LogP contribution is 2.35. The van der Waals surface area contributed by atoms with E-state index in [9.17, 15) is 23.2 Å². The van der Waals surface area contributed by atoms with Crippen LogP contribution in [0.5, 0.6) is 0 Å². The summed E-state index contributed by atoms with van der Waals surface area (Å²) < 4.78 is 34.6. The van der Waals surface area contributed by atoms with E-state index in [2.05, 4.69) is 20.7 Å². The molecule has 0 radical (unpaired) electrons. The Morgan fingerprint density at radius 2 is 1.88 bits per heavy atom. The number of aromatic nitrogens is 3. The second-order valence-electron chi connectivity index (χ2n) is 10.9. The molecule has 4 aromatic rings. The fourth-order valence-corrected chi connectivity index (χ4v) is 4.95. The lowest BCUT2D eigenvalue weighted by atomic mass is 9.97. The molecular weight excluding hydrogens is 532 g/mol. The highest BCUT2D eigenvalue weighted by atomic mass is 19.1. The van der Waals surface area contributed by atoms with Crippen LogP contribution < -0.4 is 10.6 Å². The number of hydrogen-bond acceptors (Lipinski definition) is 6. The van der Waals surface area contributed by atoms with Crippen molar-refractivity contribution >= 4 is 23.4 Å². The summed E-state index contributed by atoms with van der Waals surface area (Å²) in [7, 11) is 0. The van der Waals surface area contributed by atoms with Crippen molar-refractivity contribution in [1.29, 1.82) is 0 Å². The highest BCUT2D eigenvalue weighted by Gasteiger charge is 2.30. The summed E-state index contributed by atoms with van der Waals surface area (Å²) in [6, 6.07) is 10.1. The first-order valence-electron chi connectivity index (χ1n) is 13.1. The summed E-state index contributed by atoms with van der Waals surface area (Å²) in [4.78, 5) is 43.1. The number of hydrogen-bond donors (Lipinski definition) is 2. The Morgan fingerprint density at radius 3 is 2.61 bits per heavy atom. The number of fused-ring (bicyclic) bond motifs is 2. The summed E-state index contributed by atoms with van der Waals surface area (Å²) in [6.07, 6.45) is 2.14.